The fourth-order valence-electron chi connectivity index (χ4n) is 3.40. The first-order chi connectivity index (χ1) is 14.4. The minimum Gasteiger partial charge on any atom is -0.478 e. The highest BCUT2D eigenvalue weighted by atomic mass is 35.5. The summed E-state index contributed by atoms with van der Waals surface area (Å²) < 4.78 is 5.92. The Morgan fingerprint density at radius 1 is 0.867 bits per heavy atom. The van der Waals surface area contributed by atoms with Crippen LogP contribution in [0.4, 0.5) is 0 Å². The van der Waals surface area contributed by atoms with Crippen LogP contribution in [-0.4, -0.2) is 18.1 Å². The van der Waals surface area contributed by atoms with Crippen molar-refractivity contribution in [2.24, 2.45) is 5.92 Å². The zero-order valence-electron chi connectivity index (χ0n) is 17.5. The summed E-state index contributed by atoms with van der Waals surface area (Å²) in [7, 11) is 0. The maximum atomic E-state index is 12.9. The molecule has 3 aromatic rings. The SMILES string of the molecule is CC(C)(Oc1ccccc1)C(=O)NCC(Cc1ccccc1)Cc1ccc(Cl)cc1. The second-order valence-corrected chi connectivity index (χ2v) is 8.46. The van der Waals surface area contributed by atoms with Crippen LogP contribution in [-0.2, 0) is 17.6 Å². The smallest absolute Gasteiger partial charge is 0.263 e. The third kappa shape index (κ3) is 6.64. The minimum absolute atomic E-state index is 0.125. The van der Waals surface area contributed by atoms with Crippen molar-refractivity contribution < 1.29 is 9.53 Å². The minimum atomic E-state index is -0.959. The molecule has 3 aromatic carbocycles. The Hall–Kier alpha value is -2.78. The molecule has 3 rings (SSSR count). The standard InChI is InChI=1S/C26H28ClNO2/c1-26(2,30-24-11-7-4-8-12-24)25(29)28-19-22(17-20-9-5-3-6-10-20)18-21-13-15-23(27)16-14-21/h3-16,22H,17-19H2,1-2H3,(H,28,29). The second-order valence-electron chi connectivity index (χ2n) is 8.02. The van der Waals surface area contributed by atoms with Crippen molar-refractivity contribution in [3.63, 3.8) is 0 Å². The predicted octanol–water partition coefficient (Wildman–Crippen LogP) is 5.72. The van der Waals surface area contributed by atoms with E-state index in [1.54, 1.807) is 13.8 Å². The molecule has 0 saturated carbocycles. The number of rotatable bonds is 9. The normalized spacial score (nSPS) is 12.2. The number of amides is 1. The molecule has 4 heteroatoms. The van der Waals surface area contributed by atoms with Crippen LogP contribution in [0.1, 0.15) is 25.0 Å². The number of benzene rings is 3. The largest absolute Gasteiger partial charge is 0.478 e. The van der Waals surface area contributed by atoms with Gasteiger partial charge in [-0.05, 0) is 68.0 Å². The van der Waals surface area contributed by atoms with Gasteiger partial charge in [-0.3, -0.25) is 4.79 Å². The van der Waals surface area contributed by atoms with Crippen molar-refractivity contribution in [1.82, 2.24) is 5.32 Å². The summed E-state index contributed by atoms with van der Waals surface area (Å²) in [5.74, 6) is 0.810. The summed E-state index contributed by atoms with van der Waals surface area (Å²) in [6, 6.07) is 27.7. The molecule has 156 valence electrons. The maximum Gasteiger partial charge on any atom is 0.263 e. The maximum absolute atomic E-state index is 12.9. The lowest BCUT2D eigenvalue weighted by Crippen LogP contribution is -2.48. The number of nitrogens with one attached hydrogen (secondary N) is 1. The zero-order valence-corrected chi connectivity index (χ0v) is 18.2. The monoisotopic (exact) mass is 421 g/mol. The summed E-state index contributed by atoms with van der Waals surface area (Å²) in [6.45, 7) is 4.15. The summed E-state index contributed by atoms with van der Waals surface area (Å²) >= 11 is 6.03. The number of halogens is 1. The van der Waals surface area contributed by atoms with Gasteiger partial charge >= 0.3 is 0 Å². The van der Waals surface area contributed by atoms with Crippen LogP contribution in [0.2, 0.25) is 5.02 Å². The van der Waals surface area contributed by atoms with E-state index in [1.165, 1.54) is 11.1 Å². The first kappa shape index (κ1) is 21.9. The molecule has 1 amide bonds. The number of hydrogen-bond acceptors (Lipinski definition) is 2. The molecular weight excluding hydrogens is 394 g/mol. The van der Waals surface area contributed by atoms with Crippen LogP contribution < -0.4 is 10.1 Å². The zero-order chi connectivity index (χ0) is 21.4. The Morgan fingerprint density at radius 2 is 1.40 bits per heavy atom. The van der Waals surface area contributed by atoms with E-state index in [0.717, 1.165) is 17.9 Å². The van der Waals surface area contributed by atoms with Crippen molar-refractivity contribution in [2.75, 3.05) is 6.54 Å². The van der Waals surface area contributed by atoms with E-state index in [1.807, 2.05) is 72.8 Å². The van der Waals surface area contributed by atoms with Crippen LogP contribution in [0.3, 0.4) is 0 Å². The van der Waals surface area contributed by atoms with Gasteiger partial charge < -0.3 is 10.1 Å². The Labute approximate surface area is 184 Å². The molecule has 30 heavy (non-hydrogen) atoms. The highest BCUT2D eigenvalue weighted by Gasteiger charge is 2.30. The number of ether oxygens (including phenoxy) is 1. The fraction of sp³-hybridized carbons (Fsp3) is 0.269. The third-order valence-corrected chi connectivity index (χ3v) is 5.27. The summed E-state index contributed by atoms with van der Waals surface area (Å²) in [4.78, 5) is 12.9. The summed E-state index contributed by atoms with van der Waals surface area (Å²) in [6.07, 6.45) is 1.73. The van der Waals surface area contributed by atoms with Gasteiger partial charge in [-0.2, -0.15) is 0 Å². The average Bonchev–Trinajstić information content (AvgIpc) is 2.74. The van der Waals surface area contributed by atoms with Crippen molar-refractivity contribution in [3.05, 3.63) is 101 Å². The molecule has 0 radical (unpaired) electrons. The van der Waals surface area contributed by atoms with Crippen LogP contribution in [0, 0.1) is 5.92 Å². The molecule has 0 heterocycles. The van der Waals surface area contributed by atoms with Crippen LogP contribution >= 0.6 is 11.6 Å². The Kier molecular flexibility index (Phi) is 7.53. The van der Waals surface area contributed by atoms with Crippen LogP contribution in [0.15, 0.2) is 84.9 Å². The van der Waals surface area contributed by atoms with E-state index in [9.17, 15) is 4.79 Å². The molecule has 0 fully saturated rings. The number of carbonyl (C=O) groups excluding carboxylic acids is 1. The summed E-state index contributed by atoms with van der Waals surface area (Å²) in [5.41, 5.74) is 1.50. The third-order valence-electron chi connectivity index (χ3n) is 5.02. The number of hydrogen-bond donors (Lipinski definition) is 1. The van der Waals surface area contributed by atoms with Crippen molar-refractivity contribution >= 4 is 17.5 Å². The lowest BCUT2D eigenvalue weighted by molar-refractivity contribution is -0.134. The molecule has 0 spiro atoms. The van der Waals surface area contributed by atoms with Gasteiger partial charge in [0.2, 0.25) is 0 Å². The van der Waals surface area contributed by atoms with Gasteiger partial charge in [-0.15, -0.1) is 0 Å². The predicted molar refractivity (Wildman–Crippen MR) is 123 cm³/mol. The van der Waals surface area contributed by atoms with Gasteiger partial charge in [0.25, 0.3) is 5.91 Å². The van der Waals surface area contributed by atoms with Crippen molar-refractivity contribution in [3.8, 4) is 5.75 Å². The number of carbonyl (C=O) groups is 1. The average molecular weight is 422 g/mol. The quantitative estimate of drug-likeness (QED) is 0.480. The molecule has 3 nitrogen and oxygen atoms in total. The molecule has 0 aliphatic rings. The second kappa shape index (κ2) is 10.3. The van der Waals surface area contributed by atoms with E-state index in [4.69, 9.17) is 16.3 Å². The van der Waals surface area contributed by atoms with Gasteiger partial charge in [-0.1, -0.05) is 72.3 Å². The molecule has 1 N–H and O–H groups in total. The van der Waals surface area contributed by atoms with Crippen LogP contribution in [0.5, 0.6) is 5.75 Å². The molecule has 0 aliphatic carbocycles. The van der Waals surface area contributed by atoms with Crippen LogP contribution in [0.25, 0.3) is 0 Å². The molecular formula is C26H28ClNO2. The number of para-hydroxylation sites is 1. The first-order valence-electron chi connectivity index (χ1n) is 10.2. The molecule has 0 saturated heterocycles. The highest BCUT2D eigenvalue weighted by Crippen LogP contribution is 2.20. The molecule has 0 bridgehead atoms. The van der Waals surface area contributed by atoms with E-state index >= 15 is 0 Å². The van der Waals surface area contributed by atoms with E-state index in [2.05, 4.69) is 17.4 Å². The van der Waals surface area contributed by atoms with E-state index < -0.39 is 5.60 Å². The Bertz CT molecular complexity index is 924. The molecule has 0 aliphatic heterocycles. The lowest BCUT2D eigenvalue weighted by atomic mass is 9.92. The molecule has 1 unspecified atom stereocenters. The molecule has 1 atom stereocenters. The van der Waals surface area contributed by atoms with Crippen molar-refractivity contribution in [1.29, 1.82) is 0 Å². The van der Waals surface area contributed by atoms with Gasteiger partial charge in [0.15, 0.2) is 5.60 Å². The van der Waals surface area contributed by atoms with E-state index in [0.29, 0.717) is 12.3 Å². The van der Waals surface area contributed by atoms with Gasteiger partial charge in [0.05, 0.1) is 0 Å². The van der Waals surface area contributed by atoms with Gasteiger partial charge in [-0.25, -0.2) is 0 Å². The van der Waals surface area contributed by atoms with E-state index in [-0.39, 0.29) is 11.8 Å². The fourth-order valence-corrected chi connectivity index (χ4v) is 3.52. The Morgan fingerprint density at radius 3 is 2.00 bits per heavy atom. The van der Waals surface area contributed by atoms with Gasteiger partial charge in [0.1, 0.15) is 5.75 Å². The first-order valence-corrected chi connectivity index (χ1v) is 10.6. The lowest BCUT2D eigenvalue weighted by Gasteiger charge is -2.27. The summed E-state index contributed by atoms with van der Waals surface area (Å²) in [5, 5.41) is 3.83. The highest BCUT2D eigenvalue weighted by molar-refractivity contribution is 6.30. The topological polar surface area (TPSA) is 38.3 Å². The molecule has 0 aromatic heterocycles. The Balaban J connectivity index is 1.65. The van der Waals surface area contributed by atoms with Crippen molar-refractivity contribution in [2.45, 2.75) is 32.3 Å². The van der Waals surface area contributed by atoms with Gasteiger partial charge in [0, 0.05) is 11.6 Å².